The third-order valence-corrected chi connectivity index (χ3v) is 5.37. The maximum atomic E-state index is 14.1. The first-order chi connectivity index (χ1) is 12.1. The molecule has 0 aliphatic carbocycles. The number of hydrogen-bond acceptors (Lipinski definition) is 5. The zero-order valence-corrected chi connectivity index (χ0v) is 15.3. The summed E-state index contributed by atoms with van der Waals surface area (Å²) in [6.45, 7) is 4.92. The molecule has 1 fully saturated rings. The summed E-state index contributed by atoms with van der Waals surface area (Å²) in [5.41, 5.74) is 4.34. The molecule has 1 saturated heterocycles. The van der Waals surface area contributed by atoms with Gasteiger partial charge in [-0.1, -0.05) is 0 Å². The number of alkyl halides is 1. The highest BCUT2D eigenvalue weighted by molar-refractivity contribution is 7.86. The van der Waals surface area contributed by atoms with E-state index in [4.69, 9.17) is 10.5 Å². The molecule has 1 aliphatic rings. The van der Waals surface area contributed by atoms with Crippen LogP contribution in [0.5, 0.6) is 5.75 Å². The molecule has 2 unspecified atom stereocenters. The maximum Gasteiger partial charge on any atom is 0.270 e. The molecule has 1 aromatic carbocycles. The molecule has 140 valence electrons. The SMILES string of the molecule is CCOc1ccc(N2CCCN(C(=O)C(F)S(=O)CCN)CC2)cc1. The van der Waals surface area contributed by atoms with Gasteiger partial charge in [0.1, 0.15) is 5.75 Å². The summed E-state index contributed by atoms with van der Waals surface area (Å²) in [5, 5.41) is 0. The number of carbonyl (C=O) groups is 1. The molecule has 1 amide bonds. The Bertz CT molecular complexity index is 585. The fourth-order valence-corrected chi connectivity index (χ4v) is 3.60. The van der Waals surface area contributed by atoms with E-state index < -0.39 is 22.2 Å². The molecule has 0 spiro atoms. The van der Waals surface area contributed by atoms with Crippen LogP contribution in [-0.2, 0) is 15.6 Å². The highest BCUT2D eigenvalue weighted by atomic mass is 32.2. The van der Waals surface area contributed by atoms with Crippen LogP contribution >= 0.6 is 0 Å². The lowest BCUT2D eigenvalue weighted by Crippen LogP contribution is -2.42. The molecule has 1 heterocycles. The lowest BCUT2D eigenvalue weighted by atomic mass is 10.2. The molecular formula is C17H26FN3O3S. The Balaban J connectivity index is 1.95. The second-order valence-corrected chi connectivity index (χ2v) is 7.37. The molecule has 1 aliphatic heterocycles. The number of carbonyl (C=O) groups excluding carboxylic acids is 1. The number of rotatable bonds is 7. The summed E-state index contributed by atoms with van der Waals surface area (Å²) in [5.74, 6) is 0.125. The van der Waals surface area contributed by atoms with Gasteiger partial charge in [0.2, 0.25) is 0 Å². The van der Waals surface area contributed by atoms with Crippen molar-refractivity contribution in [2.45, 2.75) is 18.8 Å². The van der Waals surface area contributed by atoms with E-state index in [1.807, 2.05) is 31.2 Å². The largest absolute Gasteiger partial charge is 0.494 e. The smallest absolute Gasteiger partial charge is 0.270 e. The number of amides is 1. The van der Waals surface area contributed by atoms with E-state index in [-0.39, 0.29) is 12.3 Å². The minimum atomic E-state index is -1.99. The summed E-state index contributed by atoms with van der Waals surface area (Å²) in [7, 11) is -1.86. The van der Waals surface area contributed by atoms with Crippen LogP contribution in [0.4, 0.5) is 10.1 Å². The van der Waals surface area contributed by atoms with Gasteiger partial charge in [-0.05, 0) is 37.6 Å². The molecule has 2 rings (SSSR count). The van der Waals surface area contributed by atoms with Gasteiger partial charge in [-0.25, -0.2) is 4.39 Å². The molecule has 1 aromatic rings. The average Bonchev–Trinajstić information content (AvgIpc) is 2.88. The van der Waals surface area contributed by atoms with E-state index in [9.17, 15) is 13.4 Å². The minimum Gasteiger partial charge on any atom is -0.494 e. The number of halogens is 1. The van der Waals surface area contributed by atoms with Gasteiger partial charge in [0.15, 0.2) is 0 Å². The van der Waals surface area contributed by atoms with Crippen LogP contribution < -0.4 is 15.4 Å². The van der Waals surface area contributed by atoms with Gasteiger partial charge in [0.05, 0.1) is 17.4 Å². The summed E-state index contributed by atoms with van der Waals surface area (Å²) < 4.78 is 31.2. The number of ether oxygens (including phenoxy) is 1. The number of anilines is 1. The lowest BCUT2D eigenvalue weighted by molar-refractivity contribution is -0.133. The Morgan fingerprint density at radius 2 is 2.00 bits per heavy atom. The first-order valence-corrected chi connectivity index (χ1v) is 9.93. The lowest BCUT2D eigenvalue weighted by Gasteiger charge is -2.24. The monoisotopic (exact) mass is 371 g/mol. The molecule has 6 nitrogen and oxygen atoms in total. The number of benzene rings is 1. The predicted octanol–water partition coefficient (Wildman–Crippen LogP) is 1.13. The van der Waals surface area contributed by atoms with Gasteiger partial charge in [0.25, 0.3) is 11.4 Å². The van der Waals surface area contributed by atoms with Crippen molar-refractivity contribution in [2.75, 3.05) is 50.0 Å². The Kier molecular flexibility index (Phi) is 7.64. The molecule has 0 aromatic heterocycles. The fraction of sp³-hybridized carbons (Fsp3) is 0.588. The van der Waals surface area contributed by atoms with E-state index in [0.717, 1.165) is 24.4 Å². The Morgan fingerprint density at radius 1 is 1.28 bits per heavy atom. The van der Waals surface area contributed by atoms with Crippen molar-refractivity contribution in [1.82, 2.24) is 4.90 Å². The molecular weight excluding hydrogens is 345 g/mol. The average molecular weight is 371 g/mol. The first kappa shape index (κ1) is 19.7. The Morgan fingerprint density at radius 3 is 2.64 bits per heavy atom. The van der Waals surface area contributed by atoms with Crippen LogP contribution in [0.25, 0.3) is 0 Å². The third-order valence-electron chi connectivity index (χ3n) is 4.06. The van der Waals surface area contributed by atoms with Gasteiger partial charge >= 0.3 is 0 Å². The zero-order valence-electron chi connectivity index (χ0n) is 14.5. The van der Waals surface area contributed by atoms with Gasteiger partial charge in [-0.3, -0.25) is 9.00 Å². The van der Waals surface area contributed by atoms with Gasteiger partial charge in [0, 0.05) is 44.2 Å². The second-order valence-electron chi connectivity index (χ2n) is 5.78. The highest BCUT2D eigenvalue weighted by Crippen LogP contribution is 2.21. The summed E-state index contributed by atoms with van der Waals surface area (Å²) in [6.07, 6.45) is 0.731. The van der Waals surface area contributed by atoms with E-state index in [1.54, 1.807) is 0 Å². The summed E-state index contributed by atoms with van der Waals surface area (Å²) >= 11 is 0. The van der Waals surface area contributed by atoms with Crippen molar-refractivity contribution in [3.05, 3.63) is 24.3 Å². The van der Waals surface area contributed by atoms with Crippen molar-refractivity contribution in [3.63, 3.8) is 0 Å². The van der Waals surface area contributed by atoms with Crippen LogP contribution in [0.2, 0.25) is 0 Å². The summed E-state index contributed by atoms with van der Waals surface area (Å²) in [6, 6.07) is 7.80. The number of nitrogens with two attached hydrogens (primary N) is 1. The van der Waals surface area contributed by atoms with Crippen LogP contribution in [-0.4, -0.2) is 65.6 Å². The van der Waals surface area contributed by atoms with Gasteiger partial charge in [-0.15, -0.1) is 0 Å². The summed E-state index contributed by atoms with van der Waals surface area (Å²) in [4.78, 5) is 15.8. The standard InChI is InChI=1S/C17H26FN3O3S/c1-2-24-15-6-4-14(5-7-15)20-9-3-10-21(12-11-20)17(22)16(18)25(23)13-8-19/h4-7,16H,2-3,8-13,19H2,1H3. The molecule has 0 radical (unpaired) electrons. The molecule has 0 saturated carbocycles. The molecule has 8 heteroatoms. The number of hydrogen-bond donors (Lipinski definition) is 1. The second kappa shape index (κ2) is 9.72. The zero-order chi connectivity index (χ0) is 18.2. The van der Waals surface area contributed by atoms with Crippen molar-refractivity contribution in [1.29, 1.82) is 0 Å². The van der Waals surface area contributed by atoms with Gasteiger partial charge < -0.3 is 20.3 Å². The van der Waals surface area contributed by atoms with Crippen LogP contribution in [0.1, 0.15) is 13.3 Å². The van der Waals surface area contributed by atoms with Crippen molar-refractivity contribution >= 4 is 22.4 Å². The maximum absolute atomic E-state index is 14.1. The molecule has 0 bridgehead atoms. The van der Waals surface area contributed by atoms with Gasteiger partial charge in [-0.2, -0.15) is 0 Å². The van der Waals surface area contributed by atoms with E-state index >= 15 is 0 Å². The molecule has 2 atom stereocenters. The highest BCUT2D eigenvalue weighted by Gasteiger charge is 2.30. The molecule has 25 heavy (non-hydrogen) atoms. The minimum absolute atomic E-state index is 0.000941. The van der Waals surface area contributed by atoms with Crippen LogP contribution in [0, 0.1) is 0 Å². The van der Waals surface area contributed by atoms with Crippen LogP contribution in [0.15, 0.2) is 24.3 Å². The predicted molar refractivity (Wildman–Crippen MR) is 98.0 cm³/mol. The molecule has 2 N–H and O–H groups in total. The van der Waals surface area contributed by atoms with Crippen molar-refractivity contribution < 1.29 is 18.1 Å². The number of nitrogens with zero attached hydrogens (tertiary/aromatic N) is 2. The van der Waals surface area contributed by atoms with Crippen molar-refractivity contribution in [3.8, 4) is 5.75 Å². The van der Waals surface area contributed by atoms with E-state index in [0.29, 0.717) is 26.2 Å². The topological polar surface area (TPSA) is 75.9 Å². The van der Waals surface area contributed by atoms with E-state index in [1.165, 1.54) is 4.90 Å². The fourth-order valence-electron chi connectivity index (χ4n) is 2.79. The normalized spacial score (nSPS) is 17.7. The quantitative estimate of drug-likeness (QED) is 0.778. The Hall–Kier alpha value is -1.67. The Labute approximate surface area is 150 Å². The third kappa shape index (κ3) is 5.40. The van der Waals surface area contributed by atoms with Crippen molar-refractivity contribution in [2.24, 2.45) is 5.73 Å². The van der Waals surface area contributed by atoms with E-state index in [2.05, 4.69) is 4.90 Å². The van der Waals surface area contributed by atoms with Crippen LogP contribution in [0.3, 0.4) is 0 Å². The first-order valence-electron chi connectivity index (χ1n) is 8.54.